The third-order valence-electron chi connectivity index (χ3n) is 10.7. The molecule has 0 radical (unpaired) electrons. The van der Waals surface area contributed by atoms with Crippen molar-refractivity contribution in [1.82, 2.24) is 14.3 Å². The van der Waals surface area contributed by atoms with Gasteiger partial charge in [0.25, 0.3) is 0 Å². The molecule has 10 aromatic rings. The Morgan fingerprint density at radius 3 is 1.51 bits per heavy atom. The number of para-hydroxylation sites is 1. The van der Waals surface area contributed by atoms with Crippen LogP contribution >= 0.6 is 0 Å². The first kappa shape index (κ1) is 32.4. The van der Waals surface area contributed by atoms with Gasteiger partial charge < -0.3 is 4.57 Å². The van der Waals surface area contributed by atoms with Crippen LogP contribution in [0.1, 0.15) is 5.56 Å². The van der Waals surface area contributed by atoms with E-state index in [1.807, 2.05) is 6.07 Å². The van der Waals surface area contributed by atoms with Crippen molar-refractivity contribution in [3.05, 3.63) is 212 Å². The lowest BCUT2D eigenvalue weighted by Crippen LogP contribution is -1.99. The molecule has 0 aliphatic rings. The fraction of sp³-hybridized carbons (Fsp3) is 0.0192. The lowest BCUT2D eigenvalue weighted by atomic mass is 9.89. The van der Waals surface area contributed by atoms with Gasteiger partial charge in [-0.05, 0) is 88.8 Å². The number of hydrogen-bond acceptors (Lipinski definition) is 1. The molecule has 2 aromatic heterocycles. The third-order valence-corrected chi connectivity index (χ3v) is 10.7. The molecule has 0 fully saturated rings. The van der Waals surface area contributed by atoms with Gasteiger partial charge in [-0.3, -0.25) is 0 Å². The van der Waals surface area contributed by atoms with E-state index in [1.54, 1.807) is 0 Å². The SMILES string of the molecule is Cc1ccc2c(c1)c1ccccc1n2-c1ccc(-c2ccccc2-c2ccccc2-c2ccc(-n3nc(-c4ccccc4)cc3-c3ccccc3)cc2)cc1. The largest absolute Gasteiger partial charge is 0.309 e. The molecule has 3 heteroatoms. The van der Waals surface area contributed by atoms with Gasteiger partial charge in [-0.1, -0.05) is 163 Å². The Kier molecular flexibility index (Phi) is 8.04. The molecule has 0 saturated heterocycles. The third kappa shape index (κ3) is 5.83. The van der Waals surface area contributed by atoms with Crippen LogP contribution in [0.4, 0.5) is 0 Å². The van der Waals surface area contributed by atoms with Crippen LogP contribution in [0.3, 0.4) is 0 Å². The molecule has 0 saturated carbocycles. The molecule has 8 aromatic carbocycles. The molecule has 0 aliphatic heterocycles. The molecule has 0 amide bonds. The normalized spacial score (nSPS) is 11.4. The van der Waals surface area contributed by atoms with Crippen molar-refractivity contribution in [2.24, 2.45) is 0 Å². The molecular weight excluding hydrogens is 667 g/mol. The predicted octanol–water partition coefficient (Wildman–Crippen LogP) is 13.6. The maximum Gasteiger partial charge on any atom is 0.0934 e. The molecule has 0 aliphatic carbocycles. The minimum absolute atomic E-state index is 0.948. The summed E-state index contributed by atoms with van der Waals surface area (Å²) in [5.41, 5.74) is 17.2. The lowest BCUT2D eigenvalue weighted by Gasteiger charge is -2.16. The molecule has 3 nitrogen and oxygen atoms in total. The molecule has 0 N–H and O–H groups in total. The first-order valence-electron chi connectivity index (χ1n) is 18.8. The summed E-state index contributed by atoms with van der Waals surface area (Å²) in [7, 11) is 0. The number of nitrogens with zero attached hydrogens (tertiary/aromatic N) is 3. The smallest absolute Gasteiger partial charge is 0.0934 e. The second kappa shape index (κ2) is 13.6. The van der Waals surface area contributed by atoms with Gasteiger partial charge in [0.05, 0.1) is 28.1 Å². The quantitative estimate of drug-likeness (QED) is 0.162. The van der Waals surface area contributed by atoms with Crippen molar-refractivity contribution in [2.75, 3.05) is 0 Å². The number of aryl methyl sites for hydroxylation is 1. The van der Waals surface area contributed by atoms with Gasteiger partial charge in [0.2, 0.25) is 0 Å². The molecular formula is C52H37N3. The van der Waals surface area contributed by atoms with E-state index < -0.39 is 0 Å². The maximum atomic E-state index is 5.11. The monoisotopic (exact) mass is 703 g/mol. The summed E-state index contributed by atoms with van der Waals surface area (Å²) in [6.45, 7) is 2.16. The Bertz CT molecular complexity index is 2950. The summed E-state index contributed by atoms with van der Waals surface area (Å²) in [6, 6.07) is 73.8. The van der Waals surface area contributed by atoms with Gasteiger partial charge >= 0.3 is 0 Å². The van der Waals surface area contributed by atoms with Gasteiger partial charge in [-0.15, -0.1) is 0 Å². The maximum absolute atomic E-state index is 5.11. The zero-order chi connectivity index (χ0) is 36.7. The van der Waals surface area contributed by atoms with E-state index in [2.05, 4.69) is 216 Å². The van der Waals surface area contributed by atoms with E-state index in [-0.39, 0.29) is 0 Å². The summed E-state index contributed by atoms with van der Waals surface area (Å²) in [4.78, 5) is 0. The Morgan fingerprint density at radius 2 is 0.873 bits per heavy atom. The van der Waals surface area contributed by atoms with E-state index in [0.29, 0.717) is 0 Å². The Hall–Kier alpha value is -7.23. The van der Waals surface area contributed by atoms with Crippen LogP contribution < -0.4 is 0 Å². The predicted molar refractivity (Wildman–Crippen MR) is 230 cm³/mol. The molecule has 0 spiro atoms. The topological polar surface area (TPSA) is 22.8 Å². The van der Waals surface area contributed by atoms with Crippen molar-refractivity contribution >= 4 is 21.8 Å². The van der Waals surface area contributed by atoms with E-state index in [1.165, 1.54) is 55.2 Å². The molecule has 260 valence electrons. The summed E-state index contributed by atoms with van der Waals surface area (Å²) in [5.74, 6) is 0. The number of benzene rings is 8. The van der Waals surface area contributed by atoms with Crippen LogP contribution in [0, 0.1) is 6.92 Å². The Morgan fingerprint density at radius 1 is 0.364 bits per heavy atom. The lowest BCUT2D eigenvalue weighted by molar-refractivity contribution is 0.892. The Labute approximate surface area is 321 Å². The first-order valence-corrected chi connectivity index (χ1v) is 18.8. The van der Waals surface area contributed by atoms with E-state index in [4.69, 9.17) is 5.10 Å². The van der Waals surface area contributed by atoms with Crippen molar-refractivity contribution in [1.29, 1.82) is 0 Å². The average Bonchev–Trinajstić information content (AvgIpc) is 3.85. The van der Waals surface area contributed by atoms with E-state index in [9.17, 15) is 0 Å². The fourth-order valence-corrected chi connectivity index (χ4v) is 8.02. The number of aromatic nitrogens is 3. The molecule has 55 heavy (non-hydrogen) atoms. The van der Waals surface area contributed by atoms with Crippen LogP contribution in [0.5, 0.6) is 0 Å². The first-order chi connectivity index (χ1) is 27.2. The highest BCUT2D eigenvalue weighted by atomic mass is 15.3. The molecule has 0 unspecified atom stereocenters. The van der Waals surface area contributed by atoms with Crippen LogP contribution in [-0.2, 0) is 0 Å². The van der Waals surface area contributed by atoms with Gasteiger partial charge in [0, 0.05) is 27.6 Å². The highest BCUT2D eigenvalue weighted by molar-refractivity contribution is 6.09. The van der Waals surface area contributed by atoms with Crippen LogP contribution in [-0.4, -0.2) is 14.3 Å². The minimum atomic E-state index is 0.948. The molecule has 10 rings (SSSR count). The second-order valence-corrected chi connectivity index (χ2v) is 14.1. The van der Waals surface area contributed by atoms with E-state index in [0.717, 1.165) is 39.5 Å². The Balaban J connectivity index is 1.01. The fourth-order valence-electron chi connectivity index (χ4n) is 8.02. The minimum Gasteiger partial charge on any atom is -0.309 e. The summed E-state index contributed by atoms with van der Waals surface area (Å²) >= 11 is 0. The van der Waals surface area contributed by atoms with Gasteiger partial charge in [-0.2, -0.15) is 5.10 Å². The van der Waals surface area contributed by atoms with Gasteiger partial charge in [-0.25, -0.2) is 4.68 Å². The zero-order valence-electron chi connectivity index (χ0n) is 30.5. The van der Waals surface area contributed by atoms with Crippen molar-refractivity contribution in [3.63, 3.8) is 0 Å². The molecule has 2 heterocycles. The highest BCUT2D eigenvalue weighted by Gasteiger charge is 2.17. The summed E-state index contributed by atoms with van der Waals surface area (Å²) < 4.78 is 4.44. The van der Waals surface area contributed by atoms with Gasteiger partial charge in [0.1, 0.15) is 0 Å². The summed E-state index contributed by atoms with van der Waals surface area (Å²) in [5, 5.41) is 7.67. The standard InChI is InChI=1S/C52H37N3/c1-36-24-33-51-48(34-36)47-22-12-13-23-50(47)54(51)41-29-25-37(26-30-41)43-18-8-10-20-45(43)46-21-11-9-19-44(46)38-27-31-42(32-28-38)55-52(40-16-6-3-7-17-40)35-49(53-55)39-14-4-2-5-15-39/h2-35H,1H3. The number of hydrogen-bond donors (Lipinski definition) is 0. The van der Waals surface area contributed by atoms with Crippen molar-refractivity contribution < 1.29 is 0 Å². The van der Waals surface area contributed by atoms with Crippen LogP contribution in [0.2, 0.25) is 0 Å². The van der Waals surface area contributed by atoms with Crippen molar-refractivity contribution in [3.8, 4) is 67.3 Å². The number of fused-ring (bicyclic) bond motifs is 3. The second-order valence-electron chi connectivity index (χ2n) is 14.1. The number of rotatable bonds is 7. The van der Waals surface area contributed by atoms with Crippen molar-refractivity contribution in [2.45, 2.75) is 6.92 Å². The molecule has 0 bridgehead atoms. The van der Waals surface area contributed by atoms with Crippen LogP contribution in [0.15, 0.2) is 206 Å². The van der Waals surface area contributed by atoms with Crippen LogP contribution in [0.25, 0.3) is 89.1 Å². The average molecular weight is 704 g/mol. The highest BCUT2D eigenvalue weighted by Crippen LogP contribution is 2.40. The van der Waals surface area contributed by atoms with E-state index >= 15 is 0 Å². The van der Waals surface area contributed by atoms with Gasteiger partial charge in [0.15, 0.2) is 0 Å². The summed E-state index contributed by atoms with van der Waals surface area (Å²) in [6.07, 6.45) is 0. The zero-order valence-corrected chi connectivity index (χ0v) is 30.5. The molecule has 0 atom stereocenters.